The van der Waals surface area contributed by atoms with Crippen molar-refractivity contribution in [2.45, 2.75) is 152 Å². The van der Waals surface area contributed by atoms with Crippen molar-refractivity contribution in [1.29, 1.82) is 0 Å². The van der Waals surface area contributed by atoms with Crippen LogP contribution in [0.2, 0.25) is 0 Å². The lowest BCUT2D eigenvalue weighted by Gasteiger charge is -2.46. The number of carbonyl (C=O) groups is 1. The van der Waals surface area contributed by atoms with Gasteiger partial charge >= 0.3 is 5.97 Å². The average molecular weight is 715 g/mol. The van der Waals surface area contributed by atoms with Crippen LogP contribution in [0.25, 0.3) is 0 Å². The van der Waals surface area contributed by atoms with Gasteiger partial charge in [-0.05, 0) is 51.4 Å². The highest BCUT2D eigenvalue weighted by atomic mass is 16.7. The van der Waals surface area contributed by atoms with E-state index in [-0.39, 0.29) is 19.6 Å². The number of hydrogen-bond acceptors (Lipinski definition) is 13. The molecule has 0 aromatic rings. The summed E-state index contributed by atoms with van der Waals surface area (Å²) in [5.74, 6) is -0.391. The number of aliphatic hydroxyl groups excluding tert-OH is 6. The van der Waals surface area contributed by atoms with Gasteiger partial charge in [0.15, 0.2) is 12.6 Å². The molecular weight excluding hydrogens is 652 g/mol. The van der Waals surface area contributed by atoms with Crippen LogP contribution in [0.3, 0.4) is 0 Å². The van der Waals surface area contributed by atoms with E-state index in [4.69, 9.17) is 28.4 Å². The molecule has 2 fully saturated rings. The summed E-state index contributed by atoms with van der Waals surface area (Å²) in [7, 11) is 1.40. The topological polar surface area (TPSA) is 194 Å². The van der Waals surface area contributed by atoms with Crippen molar-refractivity contribution in [3.8, 4) is 0 Å². The predicted octanol–water partition coefficient (Wildman–Crippen LogP) is 2.75. The molecule has 0 aromatic heterocycles. The molecule has 0 aliphatic carbocycles. The fraction of sp³-hybridized carbons (Fsp3) is 0.757. The Balaban J connectivity index is 1.68. The van der Waals surface area contributed by atoms with Gasteiger partial charge < -0.3 is 59.1 Å². The number of rotatable bonds is 24. The average Bonchev–Trinajstić information content (AvgIpc) is 3.12. The third-order valence-corrected chi connectivity index (χ3v) is 8.60. The highest BCUT2D eigenvalue weighted by molar-refractivity contribution is 5.69. The van der Waals surface area contributed by atoms with Crippen molar-refractivity contribution >= 4 is 5.97 Å². The molecule has 2 heterocycles. The zero-order valence-electron chi connectivity index (χ0n) is 29.9. The molecule has 288 valence electrons. The summed E-state index contributed by atoms with van der Waals surface area (Å²) in [5, 5.41) is 62.1. The summed E-state index contributed by atoms with van der Waals surface area (Å²) >= 11 is 0. The lowest BCUT2D eigenvalue weighted by Crippen LogP contribution is -2.64. The molecule has 50 heavy (non-hydrogen) atoms. The minimum atomic E-state index is -1.68. The molecule has 0 amide bonds. The minimum absolute atomic E-state index is 0.116. The van der Waals surface area contributed by atoms with Crippen LogP contribution in [0.1, 0.15) is 84.5 Å². The van der Waals surface area contributed by atoms with E-state index in [1.807, 2.05) is 6.08 Å². The van der Waals surface area contributed by atoms with Gasteiger partial charge in [0.25, 0.3) is 0 Å². The molecule has 0 saturated carbocycles. The van der Waals surface area contributed by atoms with Gasteiger partial charge in [-0.2, -0.15) is 0 Å². The molecule has 2 saturated heterocycles. The summed E-state index contributed by atoms with van der Waals surface area (Å²) in [4.78, 5) is 12.3. The molecule has 2 aliphatic rings. The summed E-state index contributed by atoms with van der Waals surface area (Å²) in [6.45, 7) is 2.98. The maximum atomic E-state index is 12.3. The van der Waals surface area contributed by atoms with Crippen molar-refractivity contribution < 1.29 is 63.9 Å². The maximum absolute atomic E-state index is 12.3. The molecule has 2 rings (SSSR count). The summed E-state index contributed by atoms with van der Waals surface area (Å²) in [6.07, 6.45) is 11.8. The van der Waals surface area contributed by atoms with Crippen LogP contribution >= 0.6 is 0 Å². The normalized spacial score (nSPS) is 31.4. The van der Waals surface area contributed by atoms with Gasteiger partial charge in [-0.1, -0.05) is 75.3 Å². The molecule has 0 aromatic carbocycles. The monoisotopic (exact) mass is 714 g/mol. The van der Waals surface area contributed by atoms with Gasteiger partial charge in [-0.3, -0.25) is 4.79 Å². The molecule has 13 heteroatoms. The summed E-state index contributed by atoms with van der Waals surface area (Å²) in [5.41, 5.74) is 0. The molecule has 0 spiro atoms. The van der Waals surface area contributed by atoms with Gasteiger partial charge in [-0.15, -0.1) is 0 Å². The van der Waals surface area contributed by atoms with Crippen LogP contribution in [-0.4, -0.2) is 131 Å². The van der Waals surface area contributed by atoms with Crippen LogP contribution in [0.5, 0.6) is 0 Å². The first-order valence-corrected chi connectivity index (χ1v) is 18.1. The van der Waals surface area contributed by atoms with E-state index in [1.165, 1.54) is 26.4 Å². The smallest absolute Gasteiger partial charge is 0.305 e. The van der Waals surface area contributed by atoms with E-state index in [0.717, 1.165) is 32.1 Å². The molecule has 0 bridgehead atoms. The standard InChI is InChI=1S/C37H62O13/c1-4-6-7-8-9-10-11-12-13-14-15-16-17-18-19-20-21-22-29(39)46-24-26(45-3)25-47-36-34(44)35(31(41)28(23-38)49-36)50-37-33(43)32(42)30(40)27(5-2)48-37/h9-10,12-13,15-16,18-19,26-28,30-38,40-44H,4-8,11,14,17,20-25H2,1-3H3/b10-9-,13-12-,16-15-,19-18-/t26?,27-,28-,30-,31-,32+,33-,34-,35?,36-,37+/m1/s1. The number of unbranched alkanes of at least 4 members (excludes halogenated alkanes) is 4. The van der Waals surface area contributed by atoms with Crippen LogP contribution in [0.15, 0.2) is 48.6 Å². The fourth-order valence-electron chi connectivity index (χ4n) is 5.44. The number of hydrogen-bond donors (Lipinski definition) is 6. The van der Waals surface area contributed by atoms with Crippen molar-refractivity contribution in [2.75, 3.05) is 26.9 Å². The second kappa shape index (κ2) is 25.9. The predicted molar refractivity (Wildman–Crippen MR) is 186 cm³/mol. The van der Waals surface area contributed by atoms with Crippen molar-refractivity contribution in [2.24, 2.45) is 0 Å². The Morgan fingerprint density at radius 1 is 0.700 bits per heavy atom. The summed E-state index contributed by atoms with van der Waals surface area (Å²) < 4.78 is 33.1. The van der Waals surface area contributed by atoms with Crippen LogP contribution in [0, 0.1) is 0 Å². The molecule has 0 radical (unpaired) electrons. The second-order valence-electron chi connectivity index (χ2n) is 12.6. The molecular formula is C37H62O13. The van der Waals surface area contributed by atoms with E-state index >= 15 is 0 Å². The lowest BCUT2D eigenvalue weighted by molar-refractivity contribution is -0.360. The number of carbonyl (C=O) groups excluding carboxylic acids is 1. The lowest BCUT2D eigenvalue weighted by atomic mass is 9.96. The van der Waals surface area contributed by atoms with Gasteiger partial charge in [-0.25, -0.2) is 0 Å². The van der Waals surface area contributed by atoms with E-state index in [0.29, 0.717) is 12.8 Å². The second-order valence-corrected chi connectivity index (χ2v) is 12.6. The third-order valence-electron chi connectivity index (χ3n) is 8.60. The Morgan fingerprint density at radius 2 is 1.30 bits per heavy atom. The van der Waals surface area contributed by atoms with Crippen LogP contribution in [0.4, 0.5) is 0 Å². The zero-order chi connectivity index (χ0) is 36.7. The van der Waals surface area contributed by atoms with E-state index < -0.39 is 80.1 Å². The van der Waals surface area contributed by atoms with E-state index in [9.17, 15) is 35.4 Å². The Labute approximate surface area is 297 Å². The van der Waals surface area contributed by atoms with Gasteiger partial charge in [0.2, 0.25) is 0 Å². The number of aliphatic hydroxyl groups is 6. The van der Waals surface area contributed by atoms with Gasteiger partial charge in [0.05, 0.1) is 19.3 Å². The first kappa shape index (κ1) is 44.2. The minimum Gasteiger partial charge on any atom is -0.463 e. The van der Waals surface area contributed by atoms with Crippen LogP contribution < -0.4 is 0 Å². The Kier molecular flexibility index (Phi) is 22.8. The number of esters is 1. The van der Waals surface area contributed by atoms with E-state index in [2.05, 4.69) is 49.5 Å². The highest BCUT2D eigenvalue weighted by Crippen LogP contribution is 2.30. The number of ether oxygens (including phenoxy) is 6. The number of methoxy groups -OCH3 is 1. The maximum Gasteiger partial charge on any atom is 0.305 e. The Bertz CT molecular complexity index is 1020. The summed E-state index contributed by atoms with van der Waals surface area (Å²) in [6, 6.07) is 0. The Hall–Kier alpha value is -2.01. The van der Waals surface area contributed by atoms with E-state index in [1.54, 1.807) is 6.92 Å². The SMILES string of the molecule is CCCCC/C=C\C/C=C\C/C=C\C/C=C\CCCC(=O)OCC(CO[C@@H]1O[C@H](CO)[C@@H](O)C(O[C@@H]2O[C@H](CC)[C@@H](O)[C@H](O)[C@H]2O)[C@H]1O)OC. The largest absolute Gasteiger partial charge is 0.463 e. The molecule has 2 aliphatic heterocycles. The van der Waals surface area contributed by atoms with Crippen molar-refractivity contribution in [3.05, 3.63) is 48.6 Å². The van der Waals surface area contributed by atoms with Crippen LogP contribution in [-0.2, 0) is 33.2 Å². The first-order valence-electron chi connectivity index (χ1n) is 18.1. The fourth-order valence-corrected chi connectivity index (χ4v) is 5.44. The first-order chi connectivity index (χ1) is 24.2. The van der Waals surface area contributed by atoms with Gasteiger partial charge in [0, 0.05) is 13.5 Å². The third kappa shape index (κ3) is 15.7. The number of allylic oxidation sites excluding steroid dienone is 8. The molecule has 6 N–H and O–H groups in total. The van der Waals surface area contributed by atoms with Gasteiger partial charge in [0.1, 0.15) is 55.4 Å². The molecule has 11 atom stereocenters. The quantitative estimate of drug-likeness (QED) is 0.0486. The zero-order valence-corrected chi connectivity index (χ0v) is 29.9. The van der Waals surface area contributed by atoms with Crippen molar-refractivity contribution in [3.63, 3.8) is 0 Å². The van der Waals surface area contributed by atoms with Crippen molar-refractivity contribution in [1.82, 2.24) is 0 Å². The highest BCUT2D eigenvalue weighted by Gasteiger charge is 2.50. The Morgan fingerprint density at radius 3 is 1.88 bits per heavy atom. The molecule has 2 unspecified atom stereocenters. The molecule has 13 nitrogen and oxygen atoms in total.